The molecular formula is C12H12BrCl2F. The molecule has 0 N–H and O–H groups in total. The molecule has 1 fully saturated rings. The smallest absolute Gasteiger partial charge is 0.129 e. The third-order valence-electron chi connectivity index (χ3n) is 3.28. The van der Waals surface area contributed by atoms with Gasteiger partial charge < -0.3 is 0 Å². The lowest BCUT2D eigenvalue weighted by Gasteiger charge is -2.13. The summed E-state index contributed by atoms with van der Waals surface area (Å²) >= 11 is 15.4. The highest BCUT2D eigenvalue weighted by Gasteiger charge is 2.50. The van der Waals surface area contributed by atoms with Crippen molar-refractivity contribution in [2.45, 2.75) is 25.6 Å². The van der Waals surface area contributed by atoms with Gasteiger partial charge in [-0.05, 0) is 45.8 Å². The molecule has 1 aromatic carbocycles. The Morgan fingerprint density at radius 1 is 1.50 bits per heavy atom. The topological polar surface area (TPSA) is 0 Å². The van der Waals surface area contributed by atoms with E-state index in [4.69, 9.17) is 23.2 Å². The van der Waals surface area contributed by atoms with Crippen molar-refractivity contribution in [3.8, 4) is 0 Å². The fourth-order valence-corrected chi connectivity index (χ4v) is 3.06. The van der Waals surface area contributed by atoms with Crippen LogP contribution < -0.4 is 0 Å². The van der Waals surface area contributed by atoms with Crippen molar-refractivity contribution < 1.29 is 4.39 Å². The highest BCUT2D eigenvalue weighted by Crippen LogP contribution is 2.60. The van der Waals surface area contributed by atoms with Crippen molar-refractivity contribution in [3.05, 3.63) is 33.0 Å². The minimum atomic E-state index is -0.293. The second-order valence-electron chi connectivity index (χ2n) is 4.99. The summed E-state index contributed by atoms with van der Waals surface area (Å²) in [6, 6.07) is 3.00. The molecule has 0 heterocycles. The second kappa shape index (κ2) is 4.15. The Morgan fingerprint density at radius 2 is 2.06 bits per heavy atom. The second-order valence-corrected chi connectivity index (χ2v) is 6.72. The maximum absolute atomic E-state index is 13.7. The van der Waals surface area contributed by atoms with Crippen LogP contribution in [0.25, 0.3) is 0 Å². The summed E-state index contributed by atoms with van der Waals surface area (Å²) in [5.74, 6) is 0.0416. The van der Waals surface area contributed by atoms with Gasteiger partial charge in [-0.1, -0.05) is 25.4 Å². The maximum atomic E-state index is 13.7. The van der Waals surface area contributed by atoms with E-state index in [0.29, 0.717) is 21.0 Å². The van der Waals surface area contributed by atoms with Crippen molar-refractivity contribution in [2.24, 2.45) is 11.3 Å². The van der Waals surface area contributed by atoms with Crippen molar-refractivity contribution in [2.75, 3.05) is 0 Å². The minimum Gasteiger partial charge on any atom is -0.207 e. The van der Waals surface area contributed by atoms with Crippen molar-refractivity contribution >= 4 is 39.1 Å². The predicted molar refractivity (Wildman–Crippen MR) is 69.6 cm³/mol. The third kappa shape index (κ3) is 2.25. The van der Waals surface area contributed by atoms with E-state index in [1.165, 1.54) is 6.07 Å². The number of rotatable bonds is 2. The van der Waals surface area contributed by atoms with Crippen molar-refractivity contribution in [3.63, 3.8) is 0 Å². The van der Waals surface area contributed by atoms with E-state index in [-0.39, 0.29) is 16.6 Å². The normalized spacial score (nSPS) is 24.2. The van der Waals surface area contributed by atoms with Gasteiger partial charge in [0.05, 0.1) is 10.4 Å². The first-order chi connectivity index (χ1) is 7.33. The lowest BCUT2D eigenvalue weighted by Crippen LogP contribution is -2.02. The molecule has 2 unspecified atom stereocenters. The highest BCUT2D eigenvalue weighted by molar-refractivity contribution is 9.10. The molecule has 0 nitrogen and oxygen atoms in total. The Morgan fingerprint density at radius 3 is 2.56 bits per heavy atom. The summed E-state index contributed by atoms with van der Waals surface area (Å²) < 4.78 is 14.3. The molecule has 0 aliphatic heterocycles. The summed E-state index contributed by atoms with van der Waals surface area (Å²) in [7, 11) is 0. The molecule has 0 saturated heterocycles. The van der Waals surface area contributed by atoms with Gasteiger partial charge in [0.2, 0.25) is 0 Å². The molecule has 2 rings (SSSR count). The molecule has 2 atom stereocenters. The van der Waals surface area contributed by atoms with Crippen molar-refractivity contribution in [1.29, 1.82) is 0 Å². The zero-order chi connectivity index (χ0) is 12.1. The summed E-state index contributed by atoms with van der Waals surface area (Å²) in [4.78, 5) is 0. The Labute approximate surface area is 113 Å². The van der Waals surface area contributed by atoms with E-state index in [0.717, 1.165) is 6.42 Å². The zero-order valence-corrected chi connectivity index (χ0v) is 12.1. The largest absolute Gasteiger partial charge is 0.207 e. The van der Waals surface area contributed by atoms with E-state index in [1.54, 1.807) is 6.07 Å². The van der Waals surface area contributed by atoms with Gasteiger partial charge in [0.25, 0.3) is 0 Å². The molecule has 1 aliphatic rings. The van der Waals surface area contributed by atoms with Gasteiger partial charge in [-0.3, -0.25) is 0 Å². The van der Waals surface area contributed by atoms with Crippen LogP contribution in [0.4, 0.5) is 4.39 Å². The minimum absolute atomic E-state index is 0.221. The molecule has 16 heavy (non-hydrogen) atoms. The Bertz CT molecular complexity index is 431. The molecule has 0 bridgehead atoms. The first-order valence-corrected chi connectivity index (χ1v) is 6.72. The SMILES string of the molecule is CC1(C)CC1C(Cl)c1cc(Cl)c(Br)cc1F. The summed E-state index contributed by atoms with van der Waals surface area (Å²) in [5.41, 5.74) is 0.726. The average molecular weight is 326 g/mol. The van der Waals surface area contributed by atoms with Crippen LogP contribution in [0.2, 0.25) is 5.02 Å². The van der Waals surface area contributed by atoms with Crippen LogP contribution in [0, 0.1) is 17.2 Å². The lowest BCUT2D eigenvalue weighted by molar-refractivity contribution is 0.530. The number of halogens is 4. The molecule has 1 aliphatic carbocycles. The maximum Gasteiger partial charge on any atom is 0.129 e. The zero-order valence-electron chi connectivity index (χ0n) is 9.03. The van der Waals surface area contributed by atoms with Gasteiger partial charge in [-0.25, -0.2) is 4.39 Å². The van der Waals surface area contributed by atoms with E-state index < -0.39 is 0 Å². The highest BCUT2D eigenvalue weighted by atomic mass is 79.9. The van der Waals surface area contributed by atoms with Crippen LogP contribution in [0.15, 0.2) is 16.6 Å². The van der Waals surface area contributed by atoms with Crippen LogP contribution >= 0.6 is 39.1 Å². The fourth-order valence-electron chi connectivity index (χ4n) is 1.97. The molecule has 0 spiro atoms. The molecular weight excluding hydrogens is 314 g/mol. The summed E-state index contributed by atoms with van der Waals surface area (Å²) in [5, 5.41) is 0.209. The predicted octanol–water partition coefficient (Wildman–Crippen LogP) is 5.57. The van der Waals surface area contributed by atoms with Crippen LogP contribution in [0.5, 0.6) is 0 Å². The Kier molecular flexibility index (Phi) is 3.28. The number of hydrogen-bond acceptors (Lipinski definition) is 0. The number of alkyl halides is 1. The van der Waals surface area contributed by atoms with E-state index in [2.05, 4.69) is 29.8 Å². The van der Waals surface area contributed by atoms with Gasteiger partial charge in [-0.2, -0.15) is 0 Å². The summed E-state index contributed by atoms with van der Waals surface area (Å²) in [6.45, 7) is 4.29. The van der Waals surface area contributed by atoms with E-state index >= 15 is 0 Å². The Hall–Kier alpha value is 0.210. The molecule has 0 aromatic heterocycles. The first kappa shape index (κ1) is 12.7. The van der Waals surface area contributed by atoms with Gasteiger partial charge in [0.1, 0.15) is 5.82 Å². The van der Waals surface area contributed by atoms with Gasteiger partial charge in [-0.15, -0.1) is 11.6 Å². The summed E-state index contributed by atoms with van der Waals surface area (Å²) in [6.07, 6.45) is 1.04. The van der Waals surface area contributed by atoms with Gasteiger partial charge >= 0.3 is 0 Å². The lowest BCUT2D eigenvalue weighted by atomic mass is 10.0. The van der Waals surface area contributed by atoms with Gasteiger partial charge in [0, 0.05) is 10.0 Å². The molecule has 0 amide bonds. The standard InChI is InChI=1S/C12H12BrCl2F/c1-12(2)5-7(12)11(15)6-3-9(14)8(13)4-10(6)16/h3-4,7,11H,5H2,1-2H3. The van der Waals surface area contributed by atoms with E-state index in [1.807, 2.05) is 0 Å². The van der Waals surface area contributed by atoms with E-state index in [9.17, 15) is 4.39 Å². The van der Waals surface area contributed by atoms with Crippen LogP contribution in [-0.2, 0) is 0 Å². The molecule has 4 heteroatoms. The Balaban J connectivity index is 2.31. The molecule has 0 radical (unpaired) electrons. The molecule has 88 valence electrons. The van der Waals surface area contributed by atoms with Crippen molar-refractivity contribution in [1.82, 2.24) is 0 Å². The third-order valence-corrected chi connectivity index (χ3v) is 5.02. The quantitative estimate of drug-likeness (QED) is 0.492. The monoisotopic (exact) mass is 324 g/mol. The number of hydrogen-bond donors (Lipinski definition) is 0. The molecule has 1 aromatic rings. The van der Waals surface area contributed by atoms with Crippen LogP contribution in [0.3, 0.4) is 0 Å². The number of benzene rings is 1. The van der Waals surface area contributed by atoms with Gasteiger partial charge in [0.15, 0.2) is 0 Å². The van der Waals surface area contributed by atoms with Crippen LogP contribution in [-0.4, -0.2) is 0 Å². The fraction of sp³-hybridized carbons (Fsp3) is 0.500. The molecule has 1 saturated carbocycles. The first-order valence-electron chi connectivity index (χ1n) is 5.11. The average Bonchev–Trinajstić information content (AvgIpc) is 2.80. The van der Waals surface area contributed by atoms with Crippen LogP contribution in [0.1, 0.15) is 31.2 Å².